The van der Waals surface area contributed by atoms with Crippen LogP contribution in [0.2, 0.25) is 0 Å². The molecule has 1 fully saturated rings. The number of hydrogen-bond acceptors (Lipinski definition) is 4. The molecule has 1 aromatic carbocycles. The van der Waals surface area contributed by atoms with Gasteiger partial charge in [-0.15, -0.1) is 0 Å². The molecule has 0 unspecified atom stereocenters. The molecule has 1 N–H and O–H groups in total. The molecule has 0 spiro atoms. The Morgan fingerprint density at radius 3 is 2.71 bits per heavy atom. The van der Waals surface area contributed by atoms with Crippen LogP contribution < -0.4 is 14.8 Å². The van der Waals surface area contributed by atoms with E-state index in [-0.39, 0.29) is 0 Å². The first kappa shape index (κ1) is 10.9. The molecule has 0 amide bonds. The average molecular weight is 234 g/mol. The maximum atomic E-state index is 5.59. The van der Waals surface area contributed by atoms with Gasteiger partial charge in [0.25, 0.3) is 0 Å². The van der Waals surface area contributed by atoms with Gasteiger partial charge in [0.2, 0.25) is 0 Å². The van der Waals surface area contributed by atoms with E-state index in [1.807, 2.05) is 6.07 Å². The van der Waals surface area contributed by atoms with Crippen molar-refractivity contribution in [2.24, 2.45) is 0 Å². The summed E-state index contributed by atoms with van der Waals surface area (Å²) >= 11 is 0. The van der Waals surface area contributed by atoms with E-state index in [1.54, 1.807) is 0 Å². The topological polar surface area (TPSA) is 33.7 Å². The molecule has 3 rings (SSSR count). The van der Waals surface area contributed by atoms with Gasteiger partial charge in [-0.1, -0.05) is 6.07 Å². The largest absolute Gasteiger partial charge is 0.486 e. The van der Waals surface area contributed by atoms with Crippen LogP contribution in [0.4, 0.5) is 0 Å². The zero-order valence-electron chi connectivity index (χ0n) is 10.1. The summed E-state index contributed by atoms with van der Waals surface area (Å²) in [6, 6.07) is 6.90. The molecular formula is C13H18N2O2. The summed E-state index contributed by atoms with van der Waals surface area (Å²) in [5, 5.41) is 3.29. The number of benzene rings is 1. The predicted molar refractivity (Wildman–Crippen MR) is 65.6 cm³/mol. The summed E-state index contributed by atoms with van der Waals surface area (Å²) in [6.45, 7) is 4.46. The first-order valence-electron chi connectivity index (χ1n) is 6.12. The number of likely N-dealkylation sites (N-methyl/N-ethyl adjacent to an activating group) is 1. The van der Waals surface area contributed by atoms with Crippen molar-refractivity contribution in [2.45, 2.75) is 12.6 Å². The molecule has 2 aliphatic heterocycles. The molecule has 0 aromatic heterocycles. The molecule has 0 aliphatic carbocycles. The Bertz CT molecular complexity index is 404. The third-order valence-electron chi connectivity index (χ3n) is 3.42. The Hall–Kier alpha value is -1.26. The van der Waals surface area contributed by atoms with Gasteiger partial charge in [-0.05, 0) is 24.7 Å². The van der Waals surface area contributed by atoms with Gasteiger partial charge in [0.05, 0.1) is 0 Å². The highest BCUT2D eigenvalue weighted by Crippen LogP contribution is 2.31. The van der Waals surface area contributed by atoms with Crippen LogP contribution in [0.15, 0.2) is 18.2 Å². The number of rotatable bonds is 3. The van der Waals surface area contributed by atoms with Crippen molar-refractivity contribution >= 4 is 0 Å². The van der Waals surface area contributed by atoms with Crippen molar-refractivity contribution in [3.63, 3.8) is 0 Å². The summed E-state index contributed by atoms with van der Waals surface area (Å²) in [7, 11) is 2.17. The summed E-state index contributed by atoms with van der Waals surface area (Å²) < 4.78 is 11.1. The second-order valence-electron chi connectivity index (χ2n) is 4.71. The fourth-order valence-corrected chi connectivity index (χ4v) is 2.19. The standard InChI is InChI=1S/C13H18N2O2/c1-15(11-7-14-8-11)9-10-2-3-12-13(6-10)17-5-4-16-12/h2-3,6,11,14H,4-5,7-9H2,1H3. The fraction of sp³-hybridized carbons (Fsp3) is 0.538. The van der Waals surface area contributed by atoms with Crippen molar-refractivity contribution in [3.05, 3.63) is 23.8 Å². The van der Waals surface area contributed by atoms with Crippen molar-refractivity contribution in [1.29, 1.82) is 0 Å². The lowest BCUT2D eigenvalue weighted by Crippen LogP contribution is -2.55. The number of nitrogens with zero attached hydrogens (tertiary/aromatic N) is 1. The van der Waals surface area contributed by atoms with Gasteiger partial charge in [0.15, 0.2) is 11.5 Å². The van der Waals surface area contributed by atoms with Gasteiger partial charge < -0.3 is 14.8 Å². The van der Waals surface area contributed by atoms with Crippen molar-refractivity contribution < 1.29 is 9.47 Å². The summed E-state index contributed by atoms with van der Waals surface area (Å²) in [5.41, 5.74) is 1.28. The van der Waals surface area contributed by atoms with E-state index in [4.69, 9.17) is 9.47 Å². The van der Waals surface area contributed by atoms with Crippen LogP contribution in [0.5, 0.6) is 11.5 Å². The highest BCUT2D eigenvalue weighted by molar-refractivity contribution is 5.43. The van der Waals surface area contributed by atoms with Crippen LogP contribution in [0.25, 0.3) is 0 Å². The SMILES string of the molecule is CN(Cc1ccc2c(c1)OCCO2)C1CNC1. The monoisotopic (exact) mass is 234 g/mol. The lowest BCUT2D eigenvalue weighted by atomic mass is 10.1. The lowest BCUT2D eigenvalue weighted by molar-refractivity contribution is 0.166. The molecule has 4 nitrogen and oxygen atoms in total. The summed E-state index contributed by atoms with van der Waals surface area (Å²) in [5.74, 6) is 1.75. The maximum absolute atomic E-state index is 5.59. The van der Waals surface area contributed by atoms with Gasteiger partial charge in [0.1, 0.15) is 13.2 Å². The first-order valence-corrected chi connectivity index (χ1v) is 6.12. The summed E-state index contributed by atoms with van der Waals surface area (Å²) in [4.78, 5) is 2.38. The number of nitrogens with one attached hydrogen (secondary N) is 1. The molecule has 0 saturated carbocycles. The second kappa shape index (κ2) is 4.55. The zero-order valence-corrected chi connectivity index (χ0v) is 10.1. The van der Waals surface area contributed by atoms with Gasteiger partial charge in [-0.2, -0.15) is 0 Å². The van der Waals surface area contributed by atoms with E-state index in [0.717, 1.165) is 31.1 Å². The molecule has 0 bridgehead atoms. The van der Waals surface area contributed by atoms with Gasteiger partial charge in [-0.3, -0.25) is 4.90 Å². The van der Waals surface area contributed by atoms with Crippen LogP contribution in [-0.4, -0.2) is 44.3 Å². The van der Waals surface area contributed by atoms with E-state index in [2.05, 4.69) is 29.4 Å². The van der Waals surface area contributed by atoms with Crippen molar-refractivity contribution in [3.8, 4) is 11.5 Å². The number of ether oxygens (including phenoxy) is 2. The molecule has 92 valence electrons. The normalized spacial score (nSPS) is 19.2. The summed E-state index contributed by atoms with van der Waals surface area (Å²) in [6.07, 6.45) is 0. The van der Waals surface area contributed by atoms with Crippen LogP contribution in [0.3, 0.4) is 0 Å². The minimum atomic E-state index is 0.652. The minimum absolute atomic E-state index is 0.652. The van der Waals surface area contributed by atoms with Gasteiger partial charge >= 0.3 is 0 Å². The van der Waals surface area contributed by atoms with Crippen LogP contribution in [0.1, 0.15) is 5.56 Å². The Kier molecular flexibility index (Phi) is 2.91. The highest BCUT2D eigenvalue weighted by atomic mass is 16.6. The number of fused-ring (bicyclic) bond motifs is 1. The zero-order chi connectivity index (χ0) is 11.7. The van der Waals surface area contributed by atoms with Crippen LogP contribution in [0, 0.1) is 0 Å². The minimum Gasteiger partial charge on any atom is -0.486 e. The van der Waals surface area contributed by atoms with Gasteiger partial charge in [-0.25, -0.2) is 0 Å². The molecule has 2 heterocycles. The van der Waals surface area contributed by atoms with E-state index in [1.165, 1.54) is 5.56 Å². The van der Waals surface area contributed by atoms with E-state index in [0.29, 0.717) is 19.3 Å². The van der Waals surface area contributed by atoms with Crippen molar-refractivity contribution in [2.75, 3.05) is 33.4 Å². The molecule has 1 saturated heterocycles. The van der Waals surface area contributed by atoms with E-state index < -0.39 is 0 Å². The predicted octanol–water partition coefficient (Wildman–Crippen LogP) is 0.861. The van der Waals surface area contributed by atoms with E-state index in [9.17, 15) is 0 Å². The Labute approximate surface area is 102 Å². The molecule has 2 aliphatic rings. The molecule has 4 heteroatoms. The third kappa shape index (κ3) is 2.23. The smallest absolute Gasteiger partial charge is 0.161 e. The third-order valence-corrected chi connectivity index (χ3v) is 3.42. The van der Waals surface area contributed by atoms with Gasteiger partial charge in [0, 0.05) is 25.7 Å². The Balaban J connectivity index is 1.70. The van der Waals surface area contributed by atoms with E-state index >= 15 is 0 Å². The molecule has 0 atom stereocenters. The fourth-order valence-electron chi connectivity index (χ4n) is 2.19. The second-order valence-corrected chi connectivity index (χ2v) is 4.71. The maximum Gasteiger partial charge on any atom is 0.161 e. The molecule has 0 radical (unpaired) electrons. The Morgan fingerprint density at radius 1 is 1.24 bits per heavy atom. The Morgan fingerprint density at radius 2 is 2.00 bits per heavy atom. The van der Waals surface area contributed by atoms with Crippen LogP contribution >= 0.6 is 0 Å². The molecule has 1 aromatic rings. The molecular weight excluding hydrogens is 216 g/mol. The quantitative estimate of drug-likeness (QED) is 0.841. The van der Waals surface area contributed by atoms with Crippen molar-refractivity contribution in [1.82, 2.24) is 10.2 Å². The highest BCUT2D eigenvalue weighted by Gasteiger charge is 2.21. The molecule has 17 heavy (non-hydrogen) atoms. The number of hydrogen-bond donors (Lipinski definition) is 1. The lowest BCUT2D eigenvalue weighted by Gasteiger charge is -2.35. The average Bonchev–Trinajstić information content (AvgIpc) is 2.26. The van der Waals surface area contributed by atoms with Crippen LogP contribution in [-0.2, 0) is 6.54 Å². The first-order chi connectivity index (χ1) is 8.33.